The molecule has 0 aliphatic rings. The van der Waals surface area contributed by atoms with Gasteiger partial charge >= 0.3 is 0 Å². The fraction of sp³-hybridized carbons (Fsp3) is 0.364. The number of nitrogens with zero attached hydrogens (tertiary/aromatic N) is 4. The fourth-order valence-electron chi connectivity index (χ4n) is 1.85. The highest BCUT2D eigenvalue weighted by atomic mass is 15.3. The lowest BCUT2D eigenvalue weighted by molar-refractivity contribution is 0.731. The summed E-state index contributed by atoms with van der Waals surface area (Å²) < 4.78 is 1.83. The molecular weight excluding hydrogens is 216 g/mol. The molecule has 90 valence electrons. The van der Waals surface area contributed by atoms with Crippen molar-refractivity contribution in [1.82, 2.24) is 19.7 Å². The van der Waals surface area contributed by atoms with Gasteiger partial charge in [0, 0.05) is 24.5 Å². The van der Waals surface area contributed by atoms with Crippen LogP contribution in [0, 0.1) is 20.8 Å². The van der Waals surface area contributed by atoms with Crippen molar-refractivity contribution in [1.29, 1.82) is 0 Å². The van der Waals surface area contributed by atoms with Gasteiger partial charge in [-0.25, -0.2) is 15.8 Å². The van der Waals surface area contributed by atoms with Gasteiger partial charge in [0.1, 0.15) is 5.82 Å². The summed E-state index contributed by atoms with van der Waals surface area (Å²) in [7, 11) is 1.91. The second-order valence-electron chi connectivity index (χ2n) is 4.03. The number of hydrogen-bond donors (Lipinski definition) is 2. The van der Waals surface area contributed by atoms with Gasteiger partial charge in [-0.3, -0.25) is 4.68 Å². The minimum atomic E-state index is 0.607. The first-order chi connectivity index (χ1) is 8.02. The maximum atomic E-state index is 5.39. The number of hydrazine groups is 1. The predicted octanol–water partition coefficient (Wildman–Crippen LogP) is 1.09. The van der Waals surface area contributed by atoms with Crippen molar-refractivity contribution >= 4 is 5.82 Å². The SMILES string of the molecule is Cc1cc(NN)nc(-c2c(C)nn(C)c2C)n1. The first-order valence-electron chi connectivity index (χ1n) is 5.35. The van der Waals surface area contributed by atoms with Gasteiger partial charge in [-0.1, -0.05) is 0 Å². The first kappa shape index (κ1) is 11.5. The third-order valence-electron chi connectivity index (χ3n) is 2.73. The van der Waals surface area contributed by atoms with Crippen molar-refractivity contribution in [3.05, 3.63) is 23.1 Å². The normalized spacial score (nSPS) is 10.6. The summed E-state index contributed by atoms with van der Waals surface area (Å²) in [6.07, 6.45) is 0. The van der Waals surface area contributed by atoms with Crippen LogP contribution in [0.15, 0.2) is 6.07 Å². The molecule has 0 aromatic carbocycles. The molecule has 6 nitrogen and oxygen atoms in total. The molecule has 2 aromatic rings. The average Bonchev–Trinajstić information content (AvgIpc) is 2.52. The van der Waals surface area contributed by atoms with E-state index < -0.39 is 0 Å². The van der Waals surface area contributed by atoms with Gasteiger partial charge in [0.05, 0.1) is 11.3 Å². The Bertz CT molecular complexity index is 557. The van der Waals surface area contributed by atoms with Gasteiger partial charge in [-0.15, -0.1) is 0 Å². The molecular formula is C11H16N6. The number of nitrogens with one attached hydrogen (secondary N) is 1. The van der Waals surface area contributed by atoms with Gasteiger partial charge in [0.2, 0.25) is 0 Å². The van der Waals surface area contributed by atoms with Crippen LogP contribution in [0.4, 0.5) is 5.82 Å². The summed E-state index contributed by atoms with van der Waals surface area (Å²) in [6.45, 7) is 5.85. The molecule has 6 heteroatoms. The number of anilines is 1. The van der Waals surface area contributed by atoms with E-state index in [1.165, 1.54) is 0 Å². The standard InChI is InChI=1S/C11H16N6/c1-6-5-9(15-12)14-11(13-6)10-7(2)16-17(4)8(10)3/h5H,12H2,1-4H3,(H,13,14,15). The van der Waals surface area contributed by atoms with Crippen LogP contribution in [0.5, 0.6) is 0 Å². The Morgan fingerprint density at radius 2 is 1.94 bits per heavy atom. The van der Waals surface area contributed by atoms with Crippen LogP contribution in [-0.2, 0) is 7.05 Å². The highest BCUT2D eigenvalue weighted by Gasteiger charge is 2.15. The van der Waals surface area contributed by atoms with Crippen LogP contribution < -0.4 is 11.3 Å². The molecule has 0 amide bonds. The Balaban J connectivity index is 2.63. The van der Waals surface area contributed by atoms with Crippen molar-refractivity contribution in [3.63, 3.8) is 0 Å². The van der Waals surface area contributed by atoms with E-state index in [9.17, 15) is 0 Å². The molecule has 0 saturated carbocycles. The number of rotatable bonds is 2. The quantitative estimate of drug-likeness (QED) is 0.598. The van der Waals surface area contributed by atoms with E-state index in [4.69, 9.17) is 5.84 Å². The number of hydrogen-bond acceptors (Lipinski definition) is 5. The maximum absolute atomic E-state index is 5.39. The molecule has 2 heterocycles. The fourth-order valence-corrected chi connectivity index (χ4v) is 1.85. The second-order valence-corrected chi connectivity index (χ2v) is 4.03. The maximum Gasteiger partial charge on any atom is 0.165 e. The average molecular weight is 232 g/mol. The first-order valence-corrected chi connectivity index (χ1v) is 5.35. The molecule has 3 N–H and O–H groups in total. The van der Waals surface area contributed by atoms with Gasteiger partial charge in [-0.2, -0.15) is 5.10 Å². The smallest absolute Gasteiger partial charge is 0.165 e. The third kappa shape index (κ3) is 1.99. The van der Waals surface area contributed by atoms with Crippen molar-refractivity contribution < 1.29 is 0 Å². The summed E-state index contributed by atoms with van der Waals surface area (Å²) in [5.74, 6) is 6.65. The zero-order chi connectivity index (χ0) is 12.6. The molecule has 0 aliphatic heterocycles. The summed E-state index contributed by atoms with van der Waals surface area (Å²) in [5, 5.41) is 4.36. The van der Waals surface area contributed by atoms with E-state index >= 15 is 0 Å². The zero-order valence-electron chi connectivity index (χ0n) is 10.4. The summed E-state index contributed by atoms with van der Waals surface area (Å²) >= 11 is 0. The minimum Gasteiger partial charge on any atom is -0.308 e. The highest BCUT2D eigenvalue weighted by Crippen LogP contribution is 2.24. The van der Waals surface area contributed by atoms with Gasteiger partial charge in [-0.05, 0) is 20.8 Å². The molecule has 0 aliphatic carbocycles. The topological polar surface area (TPSA) is 81.6 Å². The Morgan fingerprint density at radius 1 is 1.24 bits per heavy atom. The van der Waals surface area contributed by atoms with Crippen molar-refractivity contribution in [2.75, 3.05) is 5.43 Å². The zero-order valence-corrected chi connectivity index (χ0v) is 10.4. The molecule has 0 fully saturated rings. The Kier molecular flexibility index (Phi) is 2.81. The van der Waals surface area contributed by atoms with Crippen LogP contribution in [0.25, 0.3) is 11.4 Å². The predicted molar refractivity (Wildman–Crippen MR) is 66.3 cm³/mol. The molecule has 2 rings (SSSR count). The van der Waals surface area contributed by atoms with E-state index in [1.807, 2.05) is 32.5 Å². The molecule has 0 atom stereocenters. The van der Waals surface area contributed by atoms with Gasteiger partial charge in [0.15, 0.2) is 5.82 Å². The van der Waals surface area contributed by atoms with Crippen LogP contribution in [0.1, 0.15) is 17.1 Å². The molecule has 0 unspecified atom stereocenters. The highest BCUT2D eigenvalue weighted by molar-refractivity contribution is 5.63. The van der Waals surface area contributed by atoms with Crippen molar-refractivity contribution in [3.8, 4) is 11.4 Å². The lowest BCUT2D eigenvalue weighted by Crippen LogP contribution is -2.10. The van der Waals surface area contributed by atoms with E-state index in [2.05, 4.69) is 20.5 Å². The monoisotopic (exact) mass is 232 g/mol. The lowest BCUT2D eigenvalue weighted by atomic mass is 10.2. The van der Waals surface area contributed by atoms with E-state index in [0.29, 0.717) is 11.6 Å². The minimum absolute atomic E-state index is 0.607. The number of nitrogen functional groups attached to an aromatic ring is 1. The van der Waals surface area contributed by atoms with E-state index in [-0.39, 0.29) is 0 Å². The largest absolute Gasteiger partial charge is 0.308 e. The summed E-state index contributed by atoms with van der Waals surface area (Å²) in [5.41, 5.74) is 6.33. The number of aryl methyl sites for hydroxylation is 3. The van der Waals surface area contributed by atoms with Crippen molar-refractivity contribution in [2.24, 2.45) is 12.9 Å². The summed E-state index contributed by atoms with van der Waals surface area (Å²) in [6, 6.07) is 1.80. The van der Waals surface area contributed by atoms with Gasteiger partial charge < -0.3 is 5.43 Å². The van der Waals surface area contributed by atoms with E-state index in [0.717, 1.165) is 22.6 Å². The molecule has 2 aromatic heterocycles. The Labute approximate surface area is 99.9 Å². The van der Waals surface area contributed by atoms with Gasteiger partial charge in [0.25, 0.3) is 0 Å². The number of aromatic nitrogens is 4. The summed E-state index contributed by atoms with van der Waals surface area (Å²) in [4.78, 5) is 8.78. The van der Waals surface area contributed by atoms with Crippen LogP contribution in [0.2, 0.25) is 0 Å². The van der Waals surface area contributed by atoms with Crippen LogP contribution in [-0.4, -0.2) is 19.7 Å². The molecule has 0 spiro atoms. The van der Waals surface area contributed by atoms with E-state index in [1.54, 1.807) is 6.07 Å². The molecule has 0 radical (unpaired) electrons. The molecule has 17 heavy (non-hydrogen) atoms. The van der Waals surface area contributed by atoms with Crippen LogP contribution >= 0.6 is 0 Å². The lowest BCUT2D eigenvalue weighted by Gasteiger charge is -2.05. The molecule has 0 saturated heterocycles. The molecule has 0 bridgehead atoms. The Morgan fingerprint density at radius 3 is 2.47 bits per heavy atom. The third-order valence-corrected chi connectivity index (χ3v) is 2.73. The second kappa shape index (κ2) is 4.14. The van der Waals surface area contributed by atoms with Crippen LogP contribution in [0.3, 0.4) is 0 Å². The van der Waals surface area contributed by atoms with Crippen molar-refractivity contribution in [2.45, 2.75) is 20.8 Å². The number of nitrogens with two attached hydrogens (primary N) is 1. The Hall–Kier alpha value is -1.95.